The van der Waals surface area contributed by atoms with E-state index >= 15 is 0 Å². The Kier molecular flexibility index (Phi) is 5.80. The van der Waals surface area contributed by atoms with Crippen molar-refractivity contribution < 1.29 is 8.78 Å². The Hall–Kier alpha value is -2.60. The number of hydrogen-bond donors (Lipinski definition) is 1. The van der Waals surface area contributed by atoms with Gasteiger partial charge in [0, 0.05) is 38.8 Å². The van der Waals surface area contributed by atoms with Gasteiger partial charge in [0.25, 0.3) is 0 Å². The molecule has 0 aliphatic carbocycles. The second-order valence-corrected chi connectivity index (χ2v) is 8.74. The Labute approximate surface area is 194 Å². The summed E-state index contributed by atoms with van der Waals surface area (Å²) in [6, 6.07) is 13.0. The van der Waals surface area contributed by atoms with Crippen LogP contribution in [0.2, 0.25) is 10.0 Å². The summed E-state index contributed by atoms with van der Waals surface area (Å²) in [5, 5.41) is 5.11. The average Bonchev–Trinajstić information content (AvgIpc) is 2.79. The topological polar surface area (TPSA) is 37.8 Å². The van der Waals surface area contributed by atoms with Gasteiger partial charge in [-0.05, 0) is 67.9 Å². The Morgan fingerprint density at radius 1 is 0.906 bits per heavy atom. The number of nitrogens with zero attached hydrogens (tertiary/aromatic N) is 2. The molecule has 1 aliphatic heterocycles. The van der Waals surface area contributed by atoms with Crippen molar-refractivity contribution >= 4 is 34.1 Å². The van der Waals surface area contributed by atoms with Crippen LogP contribution >= 0.6 is 23.2 Å². The van der Waals surface area contributed by atoms with Crippen molar-refractivity contribution in [1.82, 2.24) is 15.3 Å². The molecule has 32 heavy (non-hydrogen) atoms. The van der Waals surface area contributed by atoms with E-state index in [1.807, 2.05) is 12.1 Å². The second-order valence-electron chi connectivity index (χ2n) is 7.90. The number of fused-ring (bicyclic) bond motifs is 1. The second kappa shape index (κ2) is 8.74. The van der Waals surface area contributed by atoms with Gasteiger partial charge in [0.05, 0.1) is 11.1 Å². The van der Waals surface area contributed by atoms with Crippen LogP contribution in [0.25, 0.3) is 33.3 Å². The quantitative estimate of drug-likeness (QED) is 0.350. The molecule has 5 rings (SSSR count). The smallest absolute Gasteiger partial charge is 0.135 e. The molecule has 4 aromatic rings. The molecular formula is C25H19Cl2F2N3. The third-order valence-electron chi connectivity index (χ3n) is 5.93. The molecule has 3 heterocycles. The normalized spacial score (nSPS) is 14.8. The zero-order chi connectivity index (χ0) is 22.2. The standard InChI is InChI=1S/C25H19Cl2F2N3/c26-15-4-5-16(19(27)12-15)18-13-22(14-6-9-30-10-7-14)32-24-17(18)8-11-31-25(24)23-20(28)2-1-3-21(23)29/h1-5,8,11-14,30H,6-7,9-10H2. The average molecular weight is 470 g/mol. The molecular weight excluding hydrogens is 451 g/mol. The van der Waals surface area contributed by atoms with Crippen molar-refractivity contribution in [2.24, 2.45) is 0 Å². The summed E-state index contributed by atoms with van der Waals surface area (Å²) < 4.78 is 29.4. The van der Waals surface area contributed by atoms with E-state index < -0.39 is 11.6 Å². The van der Waals surface area contributed by atoms with Crippen molar-refractivity contribution in [3.63, 3.8) is 0 Å². The number of nitrogens with one attached hydrogen (secondary N) is 1. The van der Waals surface area contributed by atoms with Crippen LogP contribution in [0.15, 0.2) is 54.7 Å². The Balaban J connectivity index is 1.83. The Bertz CT molecular complexity index is 1300. The van der Waals surface area contributed by atoms with Crippen molar-refractivity contribution in [2.45, 2.75) is 18.8 Å². The molecule has 1 N–H and O–H groups in total. The molecule has 0 atom stereocenters. The number of aromatic nitrogens is 2. The van der Waals surface area contributed by atoms with Crippen molar-refractivity contribution in [1.29, 1.82) is 0 Å². The molecule has 1 saturated heterocycles. The van der Waals surface area contributed by atoms with E-state index in [9.17, 15) is 8.78 Å². The molecule has 0 saturated carbocycles. The van der Waals surface area contributed by atoms with E-state index in [2.05, 4.69) is 10.3 Å². The third-order valence-corrected chi connectivity index (χ3v) is 6.47. The first-order valence-corrected chi connectivity index (χ1v) is 11.2. The summed E-state index contributed by atoms with van der Waals surface area (Å²) >= 11 is 12.7. The highest BCUT2D eigenvalue weighted by Gasteiger charge is 2.23. The molecule has 0 bridgehead atoms. The van der Waals surface area contributed by atoms with Gasteiger partial charge in [0.1, 0.15) is 17.3 Å². The first-order valence-electron chi connectivity index (χ1n) is 10.4. The van der Waals surface area contributed by atoms with E-state index in [4.69, 9.17) is 28.2 Å². The number of pyridine rings is 2. The highest BCUT2D eigenvalue weighted by Crippen LogP contribution is 2.40. The highest BCUT2D eigenvalue weighted by molar-refractivity contribution is 6.36. The molecule has 2 aromatic carbocycles. The molecule has 2 aromatic heterocycles. The fourth-order valence-electron chi connectivity index (χ4n) is 4.34. The van der Waals surface area contributed by atoms with Gasteiger partial charge in [-0.3, -0.25) is 9.97 Å². The van der Waals surface area contributed by atoms with Gasteiger partial charge >= 0.3 is 0 Å². The van der Waals surface area contributed by atoms with Gasteiger partial charge < -0.3 is 5.32 Å². The first-order chi connectivity index (χ1) is 15.5. The lowest BCUT2D eigenvalue weighted by Crippen LogP contribution is -2.27. The van der Waals surface area contributed by atoms with Crippen molar-refractivity contribution in [3.05, 3.63) is 82.1 Å². The van der Waals surface area contributed by atoms with Crippen LogP contribution in [0, 0.1) is 11.6 Å². The van der Waals surface area contributed by atoms with Crippen LogP contribution < -0.4 is 5.32 Å². The van der Waals surface area contributed by atoms with Crippen LogP contribution in [-0.4, -0.2) is 23.1 Å². The lowest BCUT2D eigenvalue weighted by Gasteiger charge is -2.24. The van der Waals surface area contributed by atoms with Gasteiger partial charge in [0.2, 0.25) is 0 Å². The van der Waals surface area contributed by atoms with E-state index in [0.29, 0.717) is 15.6 Å². The van der Waals surface area contributed by atoms with Crippen LogP contribution in [-0.2, 0) is 0 Å². The molecule has 0 unspecified atom stereocenters. The largest absolute Gasteiger partial charge is 0.317 e. The van der Waals surface area contributed by atoms with Gasteiger partial charge in [-0.15, -0.1) is 0 Å². The lowest BCUT2D eigenvalue weighted by molar-refractivity contribution is 0.454. The fourth-order valence-corrected chi connectivity index (χ4v) is 4.85. The molecule has 1 fully saturated rings. The van der Waals surface area contributed by atoms with Gasteiger partial charge in [-0.2, -0.15) is 0 Å². The van der Waals surface area contributed by atoms with Gasteiger partial charge in [0.15, 0.2) is 0 Å². The summed E-state index contributed by atoms with van der Waals surface area (Å²) in [6.07, 6.45) is 3.40. The molecule has 7 heteroatoms. The Morgan fingerprint density at radius 3 is 2.38 bits per heavy atom. The zero-order valence-electron chi connectivity index (χ0n) is 17.0. The molecule has 162 valence electrons. The van der Waals surface area contributed by atoms with Crippen LogP contribution in [0.4, 0.5) is 8.78 Å². The van der Waals surface area contributed by atoms with E-state index in [1.54, 1.807) is 24.4 Å². The van der Waals surface area contributed by atoms with Crippen LogP contribution in [0.5, 0.6) is 0 Å². The molecule has 0 amide bonds. The number of benzene rings is 2. The monoisotopic (exact) mass is 469 g/mol. The summed E-state index contributed by atoms with van der Waals surface area (Å²) in [5.41, 5.74) is 2.94. The predicted molar refractivity (Wildman–Crippen MR) is 125 cm³/mol. The SMILES string of the molecule is Fc1cccc(F)c1-c1nccc2c(-c3ccc(Cl)cc3Cl)cc(C3CCNCC3)nc12. The fraction of sp³-hybridized carbons (Fsp3) is 0.200. The third kappa shape index (κ3) is 3.85. The summed E-state index contributed by atoms with van der Waals surface area (Å²) in [5.74, 6) is -1.13. The zero-order valence-corrected chi connectivity index (χ0v) is 18.5. The summed E-state index contributed by atoms with van der Waals surface area (Å²) in [4.78, 5) is 9.25. The minimum Gasteiger partial charge on any atom is -0.317 e. The highest BCUT2D eigenvalue weighted by atomic mass is 35.5. The number of halogens is 4. The minimum absolute atomic E-state index is 0.179. The summed E-state index contributed by atoms with van der Waals surface area (Å²) in [6.45, 7) is 1.78. The van der Waals surface area contributed by atoms with E-state index in [1.165, 1.54) is 18.2 Å². The minimum atomic E-state index is -0.676. The van der Waals surface area contributed by atoms with Crippen molar-refractivity contribution in [3.8, 4) is 22.4 Å². The first kappa shape index (κ1) is 21.3. The number of hydrogen-bond acceptors (Lipinski definition) is 3. The molecule has 0 spiro atoms. The van der Waals surface area contributed by atoms with Crippen molar-refractivity contribution in [2.75, 3.05) is 13.1 Å². The predicted octanol–water partition coefficient (Wildman–Crippen LogP) is 7.02. The van der Waals surface area contributed by atoms with E-state index in [-0.39, 0.29) is 17.2 Å². The summed E-state index contributed by atoms with van der Waals surface area (Å²) in [7, 11) is 0. The van der Waals surface area contributed by atoms with E-state index in [0.717, 1.165) is 48.1 Å². The lowest BCUT2D eigenvalue weighted by atomic mass is 9.90. The molecule has 1 aliphatic rings. The maximum absolute atomic E-state index is 14.7. The maximum Gasteiger partial charge on any atom is 0.135 e. The van der Waals surface area contributed by atoms with Gasteiger partial charge in [-0.1, -0.05) is 35.3 Å². The molecule has 0 radical (unpaired) electrons. The van der Waals surface area contributed by atoms with Crippen LogP contribution in [0.1, 0.15) is 24.5 Å². The maximum atomic E-state index is 14.7. The number of rotatable bonds is 3. The molecule has 3 nitrogen and oxygen atoms in total. The Morgan fingerprint density at radius 2 is 1.66 bits per heavy atom. The number of piperidine rings is 1. The van der Waals surface area contributed by atoms with Gasteiger partial charge in [-0.25, -0.2) is 8.78 Å². The van der Waals surface area contributed by atoms with Crippen LogP contribution in [0.3, 0.4) is 0 Å².